The van der Waals surface area contributed by atoms with E-state index in [0.717, 1.165) is 16.3 Å². The Morgan fingerprint density at radius 1 is 0.889 bits per heavy atom. The van der Waals surface area contributed by atoms with Crippen LogP contribution in [0.4, 0.5) is 5.69 Å². The van der Waals surface area contributed by atoms with Crippen LogP contribution in [0.1, 0.15) is 22.8 Å². The largest absolute Gasteiger partial charge is 0.272 e. The Bertz CT molecular complexity index is 1030. The van der Waals surface area contributed by atoms with E-state index in [9.17, 15) is 13.2 Å². The number of carbonyl (C=O) groups excluding carboxylic acids is 1. The number of carbonyl (C=O) groups is 1. The molecule has 0 saturated heterocycles. The topological polar surface area (TPSA) is 54.5 Å². The minimum absolute atomic E-state index is 0.0480. The lowest BCUT2D eigenvalue weighted by molar-refractivity contribution is 0.101. The maximum atomic E-state index is 13.2. The second-order valence-corrected chi connectivity index (χ2v) is 8.14. The summed E-state index contributed by atoms with van der Waals surface area (Å²) < 4.78 is 27.3. The minimum atomic E-state index is -4.08. The summed E-state index contributed by atoms with van der Waals surface area (Å²) in [6.07, 6.45) is 0.816. The number of anilines is 1. The average Bonchev–Trinajstić information content (AvgIpc) is 2.69. The molecule has 0 heterocycles. The molecule has 3 aromatic carbocycles. The van der Waals surface area contributed by atoms with Crippen LogP contribution in [-0.4, -0.2) is 14.3 Å². The van der Waals surface area contributed by atoms with E-state index in [1.165, 1.54) is 24.3 Å². The summed E-state index contributed by atoms with van der Waals surface area (Å²) in [6.45, 7) is 2.01. The summed E-state index contributed by atoms with van der Waals surface area (Å²) >= 11 is 5.89. The first-order valence-electron chi connectivity index (χ1n) is 8.42. The number of amides is 1. The van der Waals surface area contributed by atoms with Gasteiger partial charge in [0.05, 0.1) is 10.6 Å². The van der Waals surface area contributed by atoms with Gasteiger partial charge < -0.3 is 0 Å². The van der Waals surface area contributed by atoms with Gasteiger partial charge in [-0.05, 0) is 60.5 Å². The van der Waals surface area contributed by atoms with Crippen LogP contribution in [0, 0.1) is 0 Å². The van der Waals surface area contributed by atoms with Crippen LogP contribution in [0.5, 0.6) is 0 Å². The van der Waals surface area contributed by atoms with Crippen molar-refractivity contribution in [3.8, 4) is 0 Å². The molecule has 0 bridgehead atoms. The van der Waals surface area contributed by atoms with Crippen LogP contribution in [-0.2, 0) is 16.4 Å². The van der Waals surface area contributed by atoms with Gasteiger partial charge in [-0.3, -0.25) is 4.79 Å². The predicted octanol–water partition coefficient (Wildman–Crippen LogP) is 4.94. The summed E-state index contributed by atoms with van der Waals surface area (Å²) in [5, 5.41) is 0.469. The highest BCUT2D eigenvalue weighted by Gasteiger charge is 2.31. The molecule has 0 aromatic heterocycles. The van der Waals surface area contributed by atoms with Gasteiger partial charge in [-0.2, -0.15) is 4.31 Å². The van der Waals surface area contributed by atoms with E-state index in [2.05, 4.69) is 0 Å². The minimum Gasteiger partial charge on any atom is -0.268 e. The summed E-state index contributed by atoms with van der Waals surface area (Å²) in [7, 11) is -4.08. The zero-order chi connectivity index (χ0) is 19.4. The fourth-order valence-corrected chi connectivity index (χ4v) is 4.20. The first kappa shape index (κ1) is 19.1. The average molecular weight is 400 g/mol. The van der Waals surface area contributed by atoms with Gasteiger partial charge in [-0.1, -0.05) is 48.9 Å². The maximum absolute atomic E-state index is 13.2. The van der Waals surface area contributed by atoms with Gasteiger partial charge >= 0.3 is 0 Å². The molecule has 1 amide bonds. The van der Waals surface area contributed by atoms with Crippen LogP contribution in [0.2, 0.25) is 5.02 Å². The standard InChI is InChI=1S/C21H18ClNO3S/c1-2-16-8-14-19(15-9-16)23(21(24)17-10-12-18(22)13-11-17)27(25,26)20-6-4-3-5-7-20/h3-15H,2H2,1H3. The molecule has 0 spiro atoms. The molecule has 0 saturated carbocycles. The molecule has 0 radical (unpaired) electrons. The molecule has 0 fully saturated rings. The van der Waals surface area contributed by atoms with Crippen molar-refractivity contribution in [2.75, 3.05) is 4.31 Å². The van der Waals surface area contributed by atoms with Crippen LogP contribution in [0.15, 0.2) is 83.8 Å². The van der Waals surface area contributed by atoms with Crippen molar-refractivity contribution in [2.24, 2.45) is 0 Å². The molecule has 0 aliphatic carbocycles. The van der Waals surface area contributed by atoms with Gasteiger partial charge in [0.15, 0.2) is 0 Å². The number of rotatable bonds is 5. The highest BCUT2D eigenvalue weighted by Crippen LogP contribution is 2.27. The quantitative estimate of drug-likeness (QED) is 0.610. The SMILES string of the molecule is CCc1ccc(N(C(=O)c2ccc(Cl)cc2)S(=O)(=O)c2ccccc2)cc1. The summed E-state index contributed by atoms with van der Waals surface area (Å²) in [6, 6.07) is 21.0. The van der Waals surface area contributed by atoms with Crippen molar-refractivity contribution in [2.45, 2.75) is 18.2 Å². The van der Waals surface area contributed by atoms with Crippen molar-refractivity contribution in [3.63, 3.8) is 0 Å². The van der Waals surface area contributed by atoms with Crippen LogP contribution < -0.4 is 4.31 Å². The number of hydrogen-bond donors (Lipinski definition) is 0. The third-order valence-corrected chi connectivity index (χ3v) is 6.11. The zero-order valence-corrected chi connectivity index (χ0v) is 16.2. The summed E-state index contributed by atoms with van der Waals surface area (Å²) in [5.41, 5.74) is 1.57. The van der Waals surface area contributed by atoms with Crippen LogP contribution >= 0.6 is 11.6 Å². The molecule has 0 N–H and O–H groups in total. The van der Waals surface area contributed by atoms with Gasteiger partial charge in [0.25, 0.3) is 15.9 Å². The number of nitrogens with zero attached hydrogens (tertiary/aromatic N) is 1. The number of hydrogen-bond acceptors (Lipinski definition) is 3. The van der Waals surface area contributed by atoms with E-state index in [-0.39, 0.29) is 16.1 Å². The molecule has 0 atom stereocenters. The first-order valence-corrected chi connectivity index (χ1v) is 10.2. The molecular formula is C21H18ClNO3S. The fourth-order valence-electron chi connectivity index (χ4n) is 2.64. The number of benzene rings is 3. The highest BCUT2D eigenvalue weighted by atomic mass is 35.5. The van der Waals surface area contributed by atoms with Crippen molar-refractivity contribution in [1.29, 1.82) is 0 Å². The van der Waals surface area contributed by atoms with Crippen molar-refractivity contribution in [3.05, 3.63) is 95.0 Å². The second kappa shape index (κ2) is 7.94. The molecule has 6 heteroatoms. The molecule has 27 heavy (non-hydrogen) atoms. The second-order valence-electron chi connectivity index (χ2n) is 5.91. The monoisotopic (exact) mass is 399 g/mol. The number of sulfonamides is 1. The van der Waals surface area contributed by atoms with Gasteiger partial charge in [0, 0.05) is 10.6 Å². The van der Waals surface area contributed by atoms with Crippen molar-refractivity contribution >= 4 is 33.2 Å². The summed E-state index contributed by atoms with van der Waals surface area (Å²) in [5.74, 6) is -0.639. The summed E-state index contributed by atoms with van der Waals surface area (Å²) in [4.78, 5) is 13.2. The third-order valence-electron chi connectivity index (χ3n) is 4.14. The first-order chi connectivity index (χ1) is 12.9. The lowest BCUT2D eigenvalue weighted by Gasteiger charge is -2.23. The van der Waals surface area contributed by atoms with E-state index in [1.807, 2.05) is 19.1 Å². The van der Waals surface area contributed by atoms with E-state index < -0.39 is 15.9 Å². The lowest BCUT2D eigenvalue weighted by atomic mass is 10.1. The number of aryl methyl sites for hydroxylation is 1. The van der Waals surface area contributed by atoms with E-state index in [1.54, 1.807) is 42.5 Å². The van der Waals surface area contributed by atoms with Crippen LogP contribution in [0.25, 0.3) is 0 Å². The van der Waals surface area contributed by atoms with Gasteiger partial charge in [0.2, 0.25) is 0 Å². The van der Waals surface area contributed by atoms with Crippen molar-refractivity contribution in [1.82, 2.24) is 0 Å². The lowest BCUT2D eigenvalue weighted by Crippen LogP contribution is -2.37. The molecule has 138 valence electrons. The Morgan fingerprint density at radius 3 is 2.04 bits per heavy atom. The van der Waals surface area contributed by atoms with Crippen molar-refractivity contribution < 1.29 is 13.2 Å². The molecular weight excluding hydrogens is 382 g/mol. The molecule has 0 aliphatic heterocycles. The predicted molar refractivity (Wildman–Crippen MR) is 108 cm³/mol. The highest BCUT2D eigenvalue weighted by molar-refractivity contribution is 7.93. The molecule has 3 rings (SSSR count). The van der Waals surface area contributed by atoms with Crippen LogP contribution in [0.3, 0.4) is 0 Å². The van der Waals surface area contributed by atoms with Gasteiger partial charge in [-0.15, -0.1) is 0 Å². The Balaban J connectivity index is 2.13. The van der Waals surface area contributed by atoms with Gasteiger partial charge in [-0.25, -0.2) is 8.42 Å². The zero-order valence-electron chi connectivity index (χ0n) is 14.7. The fraction of sp³-hybridized carbons (Fsp3) is 0.0952. The smallest absolute Gasteiger partial charge is 0.268 e. The Kier molecular flexibility index (Phi) is 5.63. The van der Waals surface area contributed by atoms with Gasteiger partial charge in [0.1, 0.15) is 0 Å². The Labute approximate surface area is 164 Å². The molecule has 4 nitrogen and oxygen atoms in total. The normalized spacial score (nSPS) is 11.2. The van der Waals surface area contributed by atoms with E-state index >= 15 is 0 Å². The van der Waals surface area contributed by atoms with E-state index in [0.29, 0.717) is 5.02 Å². The molecule has 3 aromatic rings. The molecule has 0 unspecified atom stereocenters. The molecule has 0 aliphatic rings. The van der Waals surface area contributed by atoms with E-state index in [4.69, 9.17) is 11.6 Å². The maximum Gasteiger partial charge on any atom is 0.272 e. The Morgan fingerprint density at radius 2 is 1.48 bits per heavy atom. The Hall–Kier alpha value is -2.63. The number of halogens is 1. The third kappa shape index (κ3) is 4.04.